The molecule has 0 spiro atoms. The summed E-state index contributed by atoms with van der Waals surface area (Å²) in [4.78, 5) is 0. The van der Waals surface area contributed by atoms with Crippen LogP contribution in [0.2, 0.25) is 98.2 Å². The highest BCUT2D eigenvalue weighted by atomic mass is 28.4. The molecular formula is C19H53N3Si5. The van der Waals surface area contributed by atoms with Gasteiger partial charge in [0, 0.05) is 13.1 Å². The first kappa shape index (κ1) is 28.0. The molecule has 0 aromatic carbocycles. The van der Waals surface area contributed by atoms with Crippen LogP contribution in [0.3, 0.4) is 0 Å². The van der Waals surface area contributed by atoms with Crippen LogP contribution in [0, 0.1) is 0 Å². The van der Waals surface area contributed by atoms with Gasteiger partial charge in [-0.3, -0.25) is 0 Å². The highest BCUT2D eigenvalue weighted by molar-refractivity contribution is 6.90. The third-order valence-corrected chi connectivity index (χ3v) is 23.1. The minimum absolute atomic E-state index is 1.26. The molecule has 0 aromatic rings. The van der Waals surface area contributed by atoms with E-state index < -0.39 is 41.2 Å². The lowest BCUT2D eigenvalue weighted by atomic mass is 10.6. The third kappa shape index (κ3) is 10.0. The molecule has 0 saturated heterocycles. The van der Waals surface area contributed by atoms with Crippen molar-refractivity contribution >= 4 is 41.2 Å². The Morgan fingerprint density at radius 2 is 0.556 bits per heavy atom. The smallest absolute Gasteiger partial charge is 0.119 e. The monoisotopic (exact) mass is 463 g/mol. The minimum Gasteiger partial charge on any atom is -0.345 e. The van der Waals surface area contributed by atoms with Gasteiger partial charge in [0.1, 0.15) is 41.2 Å². The molecule has 0 radical (unpaired) electrons. The van der Waals surface area contributed by atoms with E-state index in [1.165, 1.54) is 26.2 Å². The summed E-state index contributed by atoms with van der Waals surface area (Å²) in [7, 11) is -6.38. The van der Waals surface area contributed by atoms with Crippen LogP contribution in [0.1, 0.15) is 0 Å². The molecule has 0 aliphatic rings. The van der Waals surface area contributed by atoms with Crippen molar-refractivity contribution in [2.24, 2.45) is 0 Å². The molecule has 8 heteroatoms. The maximum atomic E-state index is 2.96. The largest absolute Gasteiger partial charge is 0.345 e. The second kappa shape index (κ2) is 9.40. The quantitative estimate of drug-likeness (QED) is 0.344. The summed E-state index contributed by atoms with van der Waals surface area (Å²) in [5.74, 6) is 0. The van der Waals surface area contributed by atoms with Gasteiger partial charge in [-0.25, -0.2) is 0 Å². The van der Waals surface area contributed by atoms with Crippen molar-refractivity contribution in [1.29, 1.82) is 0 Å². The van der Waals surface area contributed by atoms with E-state index in [9.17, 15) is 0 Å². The van der Waals surface area contributed by atoms with E-state index in [-0.39, 0.29) is 0 Å². The number of rotatable bonds is 11. The first-order valence-electron chi connectivity index (χ1n) is 10.9. The normalized spacial score (nSPS) is 15.3. The number of hydrogen-bond donors (Lipinski definition) is 0. The van der Waals surface area contributed by atoms with Crippen LogP contribution in [0.5, 0.6) is 0 Å². The van der Waals surface area contributed by atoms with E-state index >= 15 is 0 Å². The highest BCUT2D eigenvalue weighted by Crippen LogP contribution is 2.22. The SMILES string of the molecule is C[Si](C)(C)N(CCN([Si](C)(C)C)[Si](C)(C)C)CCN([Si](C)(C)C)[Si](C)(C)C. The van der Waals surface area contributed by atoms with Gasteiger partial charge in [0.25, 0.3) is 0 Å². The first-order chi connectivity index (χ1) is 11.6. The molecule has 3 nitrogen and oxygen atoms in total. The summed E-state index contributed by atoms with van der Waals surface area (Å²) in [6.45, 7) is 43.0. The Hall–Kier alpha value is 0.964. The summed E-state index contributed by atoms with van der Waals surface area (Å²) >= 11 is 0. The Morgan fingerprint density at radius 3 is 0.704 bits per heavy atom. The molecule has 0 atom stereocenters. The standard InChI is InChI=1S/C19H53N3Si5/c1-23(2,3)20(16-18-21(24(4,5)6)25(7,8)9)17-19-22(26(10,11)12)27(13,14)15/h16-19H2,1-15H3. The van der Waals surface area contributed by atoms with Gasteiger partial charge in [-0.2, -0.15) is 0 Å². The van der Waals surface area contributed by atoms with Gasteiger partial charge in [0.2, 0.25) is 0 Å². The molecule has 0 rings (SSSR count). The molecule has 0 saturated carbocycles. The molecule has 27 heavy (non-hydrogen) atoms. The van der Waals surface area contributed by atoms with E-state index in [1.807, 2.05) is 0 Å². The highest BCUT2D eigenvalue weighted by Gasteiger charge is 2.37. The number of hydrogen-bond acceptors (Lipinski definition) is 3. The zero-order valence-corrected chi connectivity index (χ0v) is 26.7. The van der Waals surface area contributed by atoms with Crippen molar-refractivity contribution in [3.8, 4) is 0 Å². The molecule has 0 aliphatic carbocycles. The van der Waals surface area contributed by atoms with Crippen molar-refractivity contribution in [2.45, 2.75) is 98.2 Å². The van der Waals surface area contributed by atoms with Crippen LogP contribution < -0.4 is 0 Å². The summed E-state index contributed by atoms with van der Waals surface area (Å²) in [6.07, 6.45) is 0. The molecule has 0 N–H and O–H groups in total. The fourth-order valence-corrected chi connectivity index (χ4v) is 25.3. The first-order valence-corrected chi connectivity index (χ1v) is 28.1. The van der Waals surface area contributed by atoms with Crippen molar-refractivity contribution in [2.75, 3.05) is 26.2 Å². The molecule has 0 fully saturated rings. The predicted molar refractivity (Wildman–Crippen MR) is 142 cm³/mol. The van der Waals surface area contributed by atoms with E-state index in [2.05, 4.69) is 111 Å². The second-order valence-corrected chi connectivity index (χ2v) is 38.5. The van der Waals surface area contributed by atoms with Gasteiger partial charge >= 0.3 is 0 Å². The predicted octanol–water partition coefficient (Wildman–Crippen LogP) is 6.07. The second-order valence-electron chi connectivity index (χ2n) is 13.1. The molecule has 0 aromatic heterocycles. The van der Waals surface area contributed by atoms with Crippen molar-refractivity contribution in [3.63, 3.8) is 0 Å². The van der Waals surface area contributed by atoms with Crippen molar-refractivity contribution < 1.29 is 0 Å². The maximum absolute atomic E-state index is 2.96. The molecule has 0 amide bonds. The van der Waals surface area contributed by atoms with E-state index in [1.54, 1.807) is 0 Å². The maximum Gasteiger partial charge on any atom is 0.119 e. The van der Waals surface area contributed by atoms with Gasteiger partial charge in [-0.1, -0.05) is 98.2 Å². The van der Waals surface area contributed by atoms with Gasteiger partial charge in [-0.05, 0) is 13.1 Å². The minimum atomic E-state index is -1.31. The van der Waals surface area contributed by atoms with Crippen LogP contribution in [0.25, 0.3) is 0 Å². The zero-order chi connectivity index (χ0) is 22.1. The summed E-state index contributed by atoms with van der Waals surface area (Å²) in [5, 5.41) is 0. The molecule has 0 heterocycles. The Bertz CT molecular complexity index is 386. The van der Waals surface area contributed by atoms with Crippen molar-refractivity contribution in [1.82, 2.24) is 13.0 Å². The average Bonchev–Trinajstić information content (AvgIpc) is 2.28. The van der Waals surface area contributed by atoms with Crippen LogP contribution in [0.4, 0.5) is 0 Å². The topological polar surface area (TPSA) is 9.72 Å². The molecule has 164 valence electrons. The summed E-state index contributed by atoms with van der Waals surface area (Å²) in [6, 6.07) is 0. The molecule has 0 aliphatic heterocycles. The summed E-state index contributed by atoms with van der Waals surface area (Å²) < 4.78 is 8.82. The van der Waals surface area contributed by atoms with Crippen LogP contribution >= 0.6 is 0 Å². The fourth-order valence-electron chi connectivity index (χ4n) is 4.58. The van der Waals surface area contributed by atoms with Gasteiger partial charge < -0.3 is 13.0 Å². The van der Waals surface area contributed by atoms with Crippen molar-refractivity contribution in [3.05, 3.63) is 0 Å². The lowest BCUT2D eigenvalue weighted by Crippen LogP contribution is -2.64. The van der Waals surface area contributed by atoms with Crippen LogP contribution in [0.15, 0.2) is 0 Å². The van der Waals surface area contributed by atoms with Crippen LogP contribution in [-0.2, 0) is 0 Å². The van der Waals surface area contributed by atoms with Crippen LogP contribution in [-0.4, -0.2) is 80.4 Å². The van der Waals surface area contributed by atoms with E-state index in [0.717, 1.165) is 0 Å². The fraction of sp³-hybridized carbons (Fsp3) is 1.00. The van der Waals surface area contributed by atoms with Gasteiger partial charge in [-0.15, -0.1) is 0 Å². The Morgan fingerprint density at radius 1 is 0.333 bits per heavy atom. The zero-order valence-electron chi connectivity index (χ0n) is 21.7. The summed E-state index contributed by atoms with van der Waals surface area (Å²) in [5.41, 5.74) is 0. The average molecular weight is 464 g/mol. The van der Waals surface area contributed by atoms with Gasteiger partial charge in [0.05, 0.1) is 0 Å². The lowest BCUT2D eigenvalue weighted by Gasteiger charge is -2.48. The van der Waals surface area contributed by atoms with E-state index in [4.69, 9.17) is 0 Å². The molecule has 0 unspecified atom stereocenters. The van der Waals surface area contributed by atoms with E-state index in [0.29, 0.717) is 0 Å². The Labute approximate surface area is 178 Å². The molecule has 0 bridgehead atoms. The molecular weight excluding hydrogens is 411 g/mol. The Kier molecular flexibility index (Phi) is 9.74. The lowest BCUT2D eigenvalue weighted by molar-refractivity contribution is 0.375. The Balaban J connectivity index is 5.33. The number of nitrogens with zero attached hydrogens (tertiary/aromatic N) is 3. The third-order valence-electron chi connectivity index (χ3n) is 5.37. The van der Waals surface area contributed by atoms with Gasteiger partial charge in [0.15, 0.2) is 0 Å².